The highest BCUT2D eigenvalue weighted by Crippen LogP contribution is 2.17. The second kappa shape index (κ2) is 7.36. The van der Waals surface area contributed by atoms with E-state index in [9.17, 15) is 13.2 Å². The lowest BCUT2D eigenvalue weighted by Crippen LogP contribution is -2.35. The molecule has 1 amide bonds. The van der Waals surface area contributed by atoms with Crippen molar-refractivity contribution < 1.29 is 13.2 Å². The number of benzene rings is 1. The predicted octanol–water partition coefficient (Wildman–Crippen LogP) is 2.32. The number of nitrogens with zero attached hydrogens (tertiary/aromatic N) is 3. The molecule has 0 saturated carbocycles. The van der Waals surface area contributed by atoms with Crippen molar-refractivity contribution in [1.82, 2.24) is 14.7 Å². The minimum absolute atomic E-state index is 0.0818. The highest BCUT2D eigenvalue weighted by molar-refractivity contribution is 7.91. The van der Waals surface area contributed by atoms with Crippen LogP contribution in [0.5, 0.6) is 0 Å². The molecule has 0 unspecified atom stereocenters. The maximum absolute atomic E-state index is 12.5. The first kappa shape index (κ1) is 18.5. The van der Waals surface area contributed by atoms with Crippen LogP contribution < -0.4 is 0 Å². The minimum Gasteiger partial charge on any atom is -0.336 e. The van der Waals surface area contributed by atoms with E-state index in [4.69, 9.17) is 11.6 Å². The molecule has 8 heteroatoms. The van der Waals surface area contributed by atoms with Crippen LogP contribution in [0.2, 0.25) is 5.02 Å². The number of aryl methyl sites for hydroxylation is 2. The third-order valence-corrected chi connectivity index (χ3v) is 5.65. The summed E-state index contributed by atoms with van der Waals surface area (Å²) in [5, 5.41) is 4.29. The van der Waals surface area contributed by atoms with Crippen LogP contribution in [0.25, 0.3) is 0 Å². The zero-order valence-corrected chi connectivity index (χ0v) is 15.4. The molecular formula is C16H20ClN3O3S. The Bertz CT molecular complexity index is 829. The molecule has 0 bridgehead atoms. The summed E-state index contributed by atoms with van der Waals surface area (Å²) in [6, 6.07) is 6.67. The standard InChI is InChI=1S/C16H20ClN3O3S/c1-4-20(16(21)15-14(17)11-19(3)18-15)9-10-24(22,23)13-7-5-12(2)6-8-13/h5-8,11H,4,9-10H2,1-3H3. The molecule has 0 saturated heterocycles. The van der Waals surface area contributed by atoms with Crippen molar-refractivity contribution in [3.63, 3.8) is 0 Å². The topological polar surface area (TPSA) is 72.3 Å². The largest absolute Gasteiger partial charge is 0.336 e. The van der Waals surface area contributed by atoms with Crippen LogP contribution in [0.15, 0.2) is 35.4 Å². The number of rotatable bonds is 6. The average Bonchev–Trinajstić information content (AvgIpc) is 2.86. The SMILES string of the molecule is CCN(CCS(=O)(=O)c1ccc(C)cc1)C(=O)c1nn(C)cc1Cl. The fraction of sp³-hybridized carbons (Fsp3) is 0.375. The van der Waals surface area contributed by atoms with Gasteiger partial charge >= 0.3 is 0 Å². The average molecular weight is 370 g/mol. The highest BCUT2D eigenvalue weighted by Gasteiger charge is 2.23. The summed E-state index contributed by atoms with van der Waals surface area (Å²) in [6.45, 7) is 4.13. The van der Waals surface area contributed by atoms with E-state index in [1.165, 1.54) is 15.8 Å². The molecule has 0 spiro atoms. The number of halogens is 1. The number of amides is 1. The summed E-state index contributed by atoms with van der Waals surface area (Å²) in [5.41, 5.74) is 1.12. The van der Waals surface area contributed by atoms with Crippen LogP contribution in [0.3, 0.4) is 0 Å². The normalized spacial score (nSPS) is 11.5. The molecular weight excluding hydrogens is 350 g/mol. The van der Waals surface area contributed by atoms with Crippen molar-refractivity contribution in [1.29, 1.82) is 0 Å². The van der Waals surface area contributed by atoms with Crippen LogP contribution >= 0.6 is 11.6 Å². The molecule has 2 aromatic rings. The van der Waals surface area contributed by atoms with Crippen molar-refractivity contribution in [2.45, 2.75) is 18.7 Å². The Kier molecular flexibility index (Phi) is 5.66. The summed E-state index contributed by atoms with van der Waals surface area (Å²) in [5.74, 6) is -0.526. The first-order valence-electron chi connectivity index (χ1n) is 7.52. The van der Waals surface area contributed by atoms with E-state index in [0.29, 0.717) is 6.54 Å². The van der Waals surface area contributed by atoms with Gasteiger partial charge in [-0.05, 0) is 26.0 Å². The van der Waals surface area contributed by atoms with Crippen LogP contribution in [0.4, 0.5) is 0 Å². The van der Waals surface area contributed by atoms with Gasteiger partial charge in [0.25, 0.3) is 5.91 Å². The molecule has 1 heterocycles. The van der Waals surface area contributed by atoms with Gasteiger partial charge in [-0.15, -0.1) is 0 Å². The zero-order chi connectivity index (χ0) is 17.9. The molecule has 0 aliphatic heterocycles. The first-order valence-corrected chi connectivity index (χ1v) is 9.55. The molecule has 1 aromatic heterocycles. The van der Waals surface area contributed by atoms with Crippen LogP contribution in [0.1, 0.15) is 23.0 Å². The Morgan fingerprint density at radius 2 is 1.92 bits per heavy atom. The summed E-state index contributed by atoms with van der Waals surface area (Å²) >= 11 is 5.99. The lowest BCUT2D eigenvalue weighted by molar-refractivity contribution is 0.0767. The monoisotopic (exact) mass is 369 g/mol. The Morgan fingerprint density at radius 3 is 2.42 bits per heavy atom. The molecule has 24 heavy (non-hydrogen) atoms. The number of aromatic nitrogens is 2. The van der Waals surface area contributed by atoms with E-state index in [2.05, 4.69) is 5.10 Å². The first-order chi connectivity index (χ1) is 11.2. The lowest BCUT2D eigenvalue weighted by atomic mass is 10.2. The quantitative estimate of drug-likeness (QED) is 0.783. The van der Waals surface area contributed by atoms with Crippen LogP contribution in [-0.4, -0.2) is 47.8 Å². The fourth-order valence-electron chi connectivity index (χ4n) is 2.25. The van der Waals surface area contributed by atoms with E-state index in [0.717, 1.165) is 5.56 Å². The van der Waals surface area contributed by atoms with E-state index < -0.39 is 9.84 Å². The summed E-state index contributed by atoms with van der Waals surface area (Å²) in [7, 11) is -1.79. The Balaban J connectivity index is 2.12. The van der Waals surface area contributed by atoms with Crippen molar-refractivity contribution in [3.8, 4) is 0 Å². The maximum Gasteiger partial charge on any atom is 0.275 e. The van der Waals surface area contributed by atoms with Gasteiger partial charge in [0.15, 0.2) is 15.5 Å². The second-order valence-electron chi connectivity index (χ2n) is 5.52. The molecule has 0 aliphatic carbocycles. The van der Waals surface area contributed by atoms with Gasteiger partial charge < -0.3 is 4.90 Å². The number of carbonyl (C=O) groups is 1. The Morgan fingerprint density at radius 1 is 1.29 bits per heavy atom. The van der Waals surface area contributed by atoms with Crippen LogP contribution in [0, 0.1) is 6.92 Å². The van der Waals surface area contributed by atoms with Gasteiger partial charge in [0, 0.05) is 26.3 Å². The van der Waals surface area contributed by atoms with Gasteiger partial charge in [0.2, 0.25) is 0 Å². The van der Waals surface area contributed by atoms with Crippen molar-refractivity contribution in [3.05, 3.63) is 46.7 Å². The van der Waals surface area contributed by atoms with Gasteiger partial charge in [0.05, 0.1) is 15.7 Å². The zero-order valence-electron chi connectivity index (χ0n) is 13.9. The summed E-state index contributed by atoms with van der Waals surface area (Å²) in [4.78, 5) is 14.2. The highest BCUT2D eigenvalue weighted by atomic mass is 35.5. The number of sulfone groups is 1. The number of carbonyl (C=O) groups excluding carboxylic acids is 1. The van der Waals surface area contributed by atoms with Gasteiger partial charge in [-0.2, -0.15) is 5.10 Å². The molecule has 130 valence electrons. The molecule has 0 aliphatic rings. The third-order valence-electron chi connectivity index (χ3n) is 3.67. The third kappa shape index (κ3) is 4.15. The van der Waals surface area contributed by atoms with Gasteiger partial charge in [0.1, 0.15) is 0 Å². The van der Waals surface area contributed by atoms with Gasteiger partial charge in [-0.3, -0.25) is 9.48 Å². The van der Waals surface area contributed by atoms with E-state index >= 15 is 0 Å². The molecule has 0 fully saturated rings. The number of hydrogen-bond donors (Lipinski definition) is 0. The Labute approximate surface area is 147 Å². The molecule has 0 atom stereocenters. The van der Waals surface area contributed by atoms with E-state index in [-0.39, 0.29) is 33.8 Å². The predicted molar refractivity (Wildman–Crippen MR) is 93.0 cm³/mol. The van der Waals surface area contributed by atoms with Crippen molar-refractivity contribution in [2.75, 3.05) is 18.8 Å². The molecule has 6 nitrogen and oxygen atoms in total. The lowest BCUT2D eigenvalue weighted by Gasteiger charge is -2.20. The smallest absolute Gasteiger partial charge is 0.275 e. The summed E-state index contributed by atoms with van der Waals surface area (Å²) < 4.78 is 26.3. The summed E-state index contributed by atoms with van der Waals surface area (Å²) in [6.07, 6.45) is 1.53. The van der Waals surface area contributed by atoms with Crippen molar-refractivity contribution in [2.24, 2.45) is 7.05 Å². The van der Waals surface area contributed by atoms with Crippen LogP contribution in [-0.2, 0) is 16.9 Å². The molecule has 1 aromatic carbocycles. The molecule has 0 radical (unpaired) electrons. The maximum atomic E-state index is 12.5. The Hall–Kier alpha value is -1.86. The molecule has 0 N–H and O–H groups in total. The minimum atomic E-state index is -3.46. The van der Waals surface area contributed by atoms with E-state index in [1.807, 2.05) is 6.92 Å². The molecule has 2 rings (SSSR count). The number of hydrogen-bond acceptors (Lipinski definition) is 4. The van der Waals surface area contributed by atoms with Gasteiger partial charge in [-0.25, -0.2) is 8.42 Å². The van der Waals surface area contributed by atoms with E-state index in [1.54, 1.807) is 38.2 Å². The van der Waals surface area contributed by atoms with Crippen molar-refractivity contribution >= 4 is 27.3 Å². The second-order valence-corrected chi connectivity index (χ2v) is 8.03. The van der Waals surface area contributed by atoms with Gasteiger partial charge in [-0.1, -0.05) is 29.3 Å². The fourth-order valence-corrected chi connectivity index (χ4v) is 3.76.